The van der Waals surface area contributed by atoms with Gasteiger partial charge in [0, 0.05) is 29.8 Å². The van der Waals surface area contributed by atoms with Crippen molar-refractivity contribution in [2.24, 2.45) is 16.8 Å². The summed E-state index contributed by atoms with van der Waals surface area (Å²) in [6, 6.07) is 11.8. The number of amides is 2. The lowest BCUT2D eigenvalue weighted by Gasteiger charge is -2.31. The van der Waals surface area contributed by atoms with Crippen LogP contribution in [0.25, 0.3) is 6.08 Å². The third-order valence-electron chi connectivity index (χ3n) is 6.66. The van der Waals surface area contributed by atoms with Crippen LogP contribution in [0.15, 0.2) is 41.4 Å². The van der Waals surface area contributed by atoms with E-state index in [2.05, 4.69) is 11.1 Å². The topological polar surface area (TPSA) is 59.0 Å². The number of hydrogen-bond donors (Lipinski definition) is 0. The number of rotatable bonds is 6. The quantitative estimate of drug-likeness (QED) is 0.702. The highest BCUT2D eigenvalue weighted by Crippen LogP contribution is 2.28. The maximum absolute atomic E-state index is 13.6. The molecule has 1 aliphatic heterocycles. The van der Waals surface area contributed by atoms with Crippen LogP contribution in [0.3, 0.4) is 0 Å². The minimum absolute atomic E-state index is 0.0331. The largest absolute Gasteiger partial charge is 0.496 e. The van der Waals surface area contributed by atoms with Crippen LogP contribution in [-0.2, 0) is 16.1 Å². The van der Waals surface area contributed by atoms with Crippen LogP contribution in [0.4, 0.5) is 0 Å². The van der Waals surface area contributed by atoms with Crippen molar-refractivity contribution in [1.82, 2.24) is 4.90 Å². The highest BCUT2D eigenvalue weighted by atomic mass is 16.5. The molecule has 0 aromatic heterocycles. The molecule has 5 nitrogen and oxygen atoms in total. The Balaban J connectivity index is 1.65. The Morgan fingerprint density at radius 3 is 2.62 bits per heavy atom. The fraction of sp³-hybridized carbons (Fsp3) is 0.444. The summed E-state index contributed by atoms with van der Waals surface area (Å²) in [6.45, 7) is 4.82. The van der Waals surface area contributed by atoms with Gasteiger partial charge in [0.15, 0.2) is 0 Å². The number of nitrogens with zero attached hydrogens (tertiary/aromatic N) is 2. The van der Waals surface area contributed by atoms with E-state index in [4.69, 9.17) is 4.74 Å². The van der Waals surface area contributed by atoms with E-state index < -0.39 is 5.92 Å². The van der Waals surface area contributed by atoms with Crippen molar-refractivity contribution in [3.8, 4) is 5.75 Å². The van der Waals surface area contributed by atoms with E-state index in [0.29, 0.717) is 13.1 Å². The van der Waals surface area contributed by atoms with E-state index in [1.54, 1.807) is 7.11 Å². The second kappa shape index (κ2) is 9.68. The maximum atomic E-state index is 13.6. The van der Waals surface area contributed by atoms with Crippen molar-refractivity contribution in [3.05, 3.63) is 63.7 Å². The van der Waals surface area contributed by atoms with Gasteiger partial charge in [0.05, 0.1) is 18.4 Å². The zero-order chi connectivity index (χ0) is 22.7. The second-order valence-electron chi connectivity index (χ2n) is 9.10. The molecule has 1 fully saturated rings. The molecule has 32 heavy (non-hydrogen) atoms. The smallest absolute Gasteiger partial charge is 0.254 e. The Bertz CT molecular complexity index is 1130. The summed E-state index contributed by atoms with van der Waals surface area (Å²) in [5.74, 6) is 0.318. The molecule has 1 atom stereocenters. The summed E-state index contributed by atoms with van der Waals surface area (Å²) in [6.07, 6.45) is 7.23. The minimum atomic E-state index is -0.439. The van der Waals surface area contributed by atoms with Crippen molar-refractivity contribution in [3.63, 3.8) is 0 Å². The average molecular weight is 433 g/mol. The summed E-state index contributed by atoms with van der Waals surface area (Å²) in [5.41, 5.74) is 3.15. The van der Waals surface area contributed by atoms with Crippen molar-refractivity contribution in [1.29, 1.82) is 0 Å². The van der Waals surface area contributed by atoms with Crippen molar-refractivity contribution < 1.29 is 14.3 Å². The molecule has 0 saturated heterocycles. The van der Waals surface area contributed by atoms with Gasteiger partial charge in [-0.3, -0.25) is 9.59 Å². The molecule has 1 aliphatic carbocycles. The number of aryl methyl sites for hydroxylation is 2. The predicted molar refractivity (Wildman–Crippen MR) is 125 cm³/mol. The molecule has 1 unspecified atom stereocenters. The van der Waals surface area contributed by atoms with E-state index in [-0.39, 0.29) is 17.7 Å². The number of hydrogen-bond acceptors (Lipinski definition) is 3. The maximum Gasteiger partial charge on any atom is 0.254 e. The van der Waals surface area contributed by atoms with Crippen molar-refractivity contribution in [2.75, 3.05) is 13.7 Å². The number of para-hydroxylation sites is 1. The predicted octanol–water partition coefficient (Wildman–Crippen LogP) is 3.48. The Labute approximate surface area is 189 Å². The number of ether oxygens (including phenoxy) is 1. The summed E-state index contributed by atoms with van der Waals surface area (Å²) in [7, 11) is 1.64. The summed E-state index contributed by atoms with van der Waals surface area (Å²) in [4.78, 5) is 32.7. The lowest BCUT2D eigenvalue weighted by atomic mass is 9.87. The molecule has 2 aromatic carbocycles. The fourth-order valence-electron chi connectivity index (χ4n) is 4.99. The second-order valence-corrected chi connectivity index (χ2v) is 9.10. The Morgan fingerprint density at radius 2 is 1.88 bits per heavy atom. The van der Waals surface area contributed by atoms with E-state index in [1.807, 2.05) is 55.2 Å². The van der Waals surface area contributed by atoms with Crippen LogP contribution in [0.1, 0.15) is 48.8 Å². The molecule has 0 spiro atoms. The summed E-state index contributed by atoms with van der Waals surface area (Å²) < 4.78 is 5.52. The molecule has 0 N–H and O–H groups in total. The number of carbonyl (C=O) groups excluding carboxylic acids is 2. The van der Waals surface area contributed by atoms with Crippen LogP contribution in [-0.4, -0.2) is 30.4 Å². The van der Waals surface area contributed by atoms with Gasteiger partial charge < -0.3 is 9.64 Å². The van der Waals surface area contributed by atoms with Gasteiger partial charge in [-0.15, -0.1) is 0 Å². The number of benzene rings is 2. The van der Waals surface area contributed by atoms with Gasteiger partial charge in [-0.25, -0.2) is 4.99 Å². The molecule has 2 aliphatic rings. The van der Waals surface area contributed by atoms with Gasteiger partial charge in [-0.2, -0.15) is 0 Å². The van der Waals surface area contributed by atoms with E-state index >= 15 is 0 Å². The molecule has 5 heteroatoms. The van der Waals surface area contributed by atoms with Crippen LogP contribution in [0.2, 0.25) is 0 Å². The molecule has 2 aromatic rings. The number of fused-ring (bicyclic) bond motifs is 1. The first kappa shape index (κ1) is 22.3. The normalized spacial score (nSPS) is 18.3. The molecule has 0 bridgehead atoms. The standard InChI is InChI=1S/C27H32N2O3/c1-18-13-19(2)23-15-22(26(30)28-24(23)14-18)17-29(27(31)20-9-5-4-6-10-20)16-21-11-7-8-12-25(21)32-3/h7-8,11-15,20,22H,4-6,9-10,16-17H2,1-3H3. The molecular formula is C27H32N2O3. The first-order valence-corrected chi connectivity index (χ1v) is 11.6. The van der Waals surface area contributed by atoms with Crippen molar-refractivity contribution in [2.45, 2.75) is 52.5 Å². The number of methoxy groups -OCH3 is 1. The molecule has 0 radical (unpaired) electrons. The van der Waals surface area contributed by atoms with E-state index in [0.717, 1.165) is 58.7 Å². The highest BCUT2D eigenvalue weighted by Gasteiger charge is 2.30. The first-order chi connectivity index (χ1) is 15.5. The third-order valence-corrected chi connectivity index (χ3v) is 6.66. The lowest BCUT2D eigenvalue weighted by Crippen LogP contribution is -2.44. The first-order valence-electron chi connectivity index (χ1n) is 11.6. The van der Waals surface area contributed by atoms with Gasteiger partial charge in [0.2, 0.25) is 5.91 Å². The number of carbonyl (C=O) groups is 2. The Hall–Kier alpha value is -2.95. The van der Waals surface area contributed by atoms with Crippen LogP contribution in [0, 0.1) is 25.7 Å². The highest BCUT2D eigenvalue weighted by molar-refractivity contribution is 5.87. The molecule has 1 saturated carbocycles. The van der Waals surface area contributed by atoms with Gasteiger partial charge in [-0.1, -0.05) is 49.6 Å². The molecule has 1 heterocycles. The van der Waals surface area contributed by atoms with Crippen molar-refractivity contribution >= 4 is 17.9 Å². The van der Waals surface area contributed by atoms with Gasteiger partial charge in [-0.05, 0) is 49.9 Å². The molecule has 168 valence electrons. The monoisotopic (exact) mass is 432 g/mol. The van der Waals surface area contributed by atoms with Gasteiger partial charge in [0.25, 0.3) is 5.91 Å². The SMILES string of the molecule is COc1ccccc1CN(CC1C=c2c(C)cc(C)cc2=NC1=O)C(=O)C1CCCCC1. The Kier molecular flexibility index (Phi) is 6.73. The zero-order valence-electron chi connectivity index (χ0n) is 19.3. The third kappa shape index (κ3) is 4.77. The lowest BCUT2D eigenvalue weighted by molar-refractivity contribution is -0.138. The summed E-state index contributed by atoms with van der Waals surface area (Å²) >= 11 is 0. The van der Waals surface area contributed by atoms with E-state index in [1.165, 1.54) is 6.42 Å². The van der Waals surface area contributed by atoms with Gasteiger partial charge in [0.1, 0.15) is 5.75 Å². The van der Waals surface area contributed by atoms with Crippen LogP contribution < -0.4 is 15.3 Å². The minimum Gasteiger partial charge on any atom is -0.496 e. The molecular weight excluding hydrogens is 400 g/mol. The fourth-order valence-corrected chi connectivity index (χ4v) is 4.99. The Morgan fingerprint density at radius 1 is 1.12 bits per heavy atom. The average Bonchev–Trinajstić information content (AvgIpc) is 2.79. The van der Waals surface area contributed by atoms with E-state index in [9.17, 15) is 9.59 Å². The molecule has 4 rings (SSSR count). The van der Waals surface area contributed by atoms with Crippen LogP contribution >= 0.6 is 0 Å². The summed E-state index contributed by atoms with van der Waals surface area (Å²) in [5, 5.41) is 1.74. The zero-order valence-corrected chi connectivity index (χ0v) is 19.3. The van der Waals surface area contributed by atoms with Gasteiger partial charge >= 0.3 is 0 Å². The molecule has 2 amide bonds. The van der Waals surface area contributed by atoms with Crippen LogP contribution in [0.5, 0.6) is 5.75 Å².